The van der Waals surface area contributed by atoms with Crippen molar-refractivity contribution in [2.24, 2.45) is 23.2 Å². The summed E-state index contributed by atoms with van der Waals surface area (Å²) in [6.45, 7) is 6.37. The topological polar surface area (TPSA) is 95.1 Å². The molecule has 4 aliphatic carbocycles. The molecule has 4 rings (SSSR count). The van der Waals surface area contributed by atoms with Crippen molar-refractivity contribution in [3.63, 3.8) is 0 Å². The first kappa shape index (κ1) is 31.6. The van der Waals surface area contributed by atoms with Crippen molar-refractivity contribution in [1.82, 2.24) is 10.6 Å². The molecular weight excluding hydrogens is 508 g/mol. The first-order valence-corrected chi connectivity index (χ1v) is 16.5. The van der Waals surface area contributed by atoms with E-state index in [-0.39, 0.29) is 17.5 Å². The Morgan fingerprint density at radius 2 is 1.38 bits per heavy atom. The van der Waals surface area contributed by atoms with Crippen LogP contribution in [0.4, 0.5) is 4.79 Å². The van der Waals surface area contributed by atoms with Gasteiger partial charge >= 0.3 is 12.0 Å². The van der Waals surface area contributed by atoms with E-state index in [2.05, 4.69) is 10.6 Å². The second-order valence-corrected chi connectivity index (χ2v) is 13.0. The molecule has 4 fully saturated rings. The molecule has 0 heterocycles. The molecule has 0 saturated heterocycles. The zero-order chi connectivity index (χ0) is 28.1. The summed E-state index contributed by atoms with van der Waals surface area (Å²) in [5.41, 5.74) is 0.732. The van der Waals surface area contributed by atoms with Crippen LogP contribution in [-0.4, -0.2) is 70.3 Å². The third kappa shape index (κ3) is 9.06. The lowest BCUT2D eigenvalue weighted by Crippen LogP contribution is -2.53. The van der Waals surface area contributed by atoms with E-state index in [0.29, 0.717) is 58.1 Å². The fraction of sp³-hybridized carbons (Fsp3) is 0.938. The number of unbranched alkanes of at least 4 members (excludes halogenated alkanes) is 8. The number of ether oxygens (including phenoxy) is 4. The quantitative estimate of drug-likeness (QED) is 0.121. The molecule has 5 atom stereocenters. The summed E-state index contributed by atoms with van der Waals surface area (Å²) in [7, 11) is 0. The summed E-state index contributed by atoms with van der Waals surface area (Å²) in [5.74, 6) is 2.61. The van der Waals surface area contributed by atoms with E-state index in [0.717, 1.165) is 43.6 Å². The monoisotopic (exact) mass is 564 g/mol. The fourth-order valence-electron chi connectivity index (χ4n) is 8.49. The smallest absolute Gasteiger partial charge is 0.315 e. The summed E-state index contributed by atoms with van der Waals surface area (Å²) in [4.78, 5) is 24.4. The SMILES string of the molecule is CCOCCOCCOCCOC(=O)CCCCCCCCCCCNC(=O)NC12CC3CC4CC(C1)C4(C3)C2. The molecular formula is C32H56N2O6. The summed E-state index contributed by atoms with van der Waals surface area (Å²) in [6, 6.07) is 0.0719. The molecule has 5 unspecified atom stereocenters. The summed E-state index contributed by atoms with van der Waals surface area (Å²) in [6.07, 6.45) is 18.9. The van der Waals surface area contributed by atoms with E-state index in [1.165, 1.54) is 77.0 Å². The number of nitrogens with one attached hydrogen (secondary N) is 2. The van der Waals surface area contributed by atoms with Crippen LogP contribution < -0.4 is 10.6 Å². The minimum absolute atomic E-state index is 0.0719. The Morgan fingerprint density at radius 3 is 2.10 bits per heavy atom. The van der Waals surface area contributed by atoms with Crippen LogP contribution in [0.3, 0.4) is 0 Å². The lowest BCUT2D eigenvalue weighted by atomic mass is 9.56. The minimum Gasteiger partial charge on any atom is -0.463 e. The Morgan fingerprint density at radius 1 is 0.725 bits per heavy atom. The maximum absolute atomic E-state index is 12.6. The van der Waals surface area contributed by atoms with Crippen molar-refractivity contribution < 1.29 is 28.5 Å². The number of hydrogen-bond acceptors (Lipinski definition) is 6. The first-order chi connectivity index (χ1) is 19.6. The number of amides is 2. The van der Waals surface area contributed by atoms with Crippen molar-refractivity contribution in [3.8, 4) is 0 Å². The Labute approximate surface area is 242 Å². The third-order valence-corrected chi connectivity index (χ3v) is 10.1. The van der Waals surface area contributed by atoms with Crippen molar-refractivity contribution in [2.45, 2.75) is 115 Å². The van der Waals surface area contributed by atoms with Crippen LogP contribution in [0.2, 0.25) is 0 Å². The standard InChI is InChI=1S/C32H56N2O6/c1-2-37-14-15-38-16-17-39-18-19-40-29(35)12-10-8-6-4-3-5-7-9-11-13-33-30(36)34-31-22-26-20-27-21-28(24-31)32(27,23-26)25-31/h26-28H,2-25H2,1H3,(H2,33,34,36). The highest BCUT2D eigenvalue weighted by Gasteiger charge is 2.71. The first-order valence-electron chi connectivity index (χ1n) is 16.5. The van der Waals surface area contributed by atoms with Crippen LogP contribution in [0.1, 0.15) is 110 Å². The highest BCUT2D eigenvalue weighted by atomic mass is 16.6. The predicted molar refractivity (Wildman–Crippen MR) is 155 cm³/mol. The van der Waals surface area contributed by atoms with E-state index in [9.17, 15) is 9.59 Å². The second kappa shape index (κ2) is 16.3. The van der Waals surface area contributed by atoms with Crippen molar-refractivity contribution in [2.75, 3.05) is 52.8 Å². The normalized spacial score (nSPS) is 29.3. The Hall–Kier alpha value is -1.38. The van der Waals surface area contributed by atoms with Crippen LogP contribution in [-0.2, 0) is 23.7 Å². The van der Waals surface area contributed by atoms with Crippen LogP contribution >= 0.6 is 0 Å². The zero-order valence-electron chi connectivity index (χ0n) is 25.2. The van der Waals surface area contributed by atoms with Gasteiger partial charge in [-0.25, -0.2) is 4.79 Å². The summed E-state index contributed by atoms with van der Waals surface area (Å²) < 4.78 is 21.2. The molecule has 8 heteroatoms. The lowest BCUT2D eigenvalue weighted by molar-refractivity contribution is -0.145. The Bertz CT molecular complexity index is 777. The van der Waals surface area contributed by atoms with E-state index >= 15 is 0 Å². The molecule has 0 aliphatic heterocycles. The number of carbonyl (C=O) groups is 2. The number of rotatable bonds is 23. The van der Waals surface area contributed by atoms with Crippen LogP contribution in [0.5, 0.6) is 0 Å². The fourth-order valence-corrected chi connectivity index (χ4v) is 8.49. The average Bonchev–Trinajstić information content (AvgIpc) is 3.24. The van der Waals surface area contributed by atoms with Gasteiger partial charge in [0.1, 0.15) is 6.61 Å². The molecule has 3 bridgehead atoms. The van der Waals surface area contributed by atoms with Gasteiger partial charge in [0.2, 0.25) is 0 Å². The molecule has 0 aromatic heterocycles. The van der Waals surface area contributed by atoms with Crippen LogP contribution in [0, 0.1) is 23.2 Å². The largest absolute Gasteiger partial charge is 0.463 e. The predicted octanol–water partition coefficient (Wildman–Crippen LogP) is 5.77. The molecule has 0 radical (unpaired) electrons. The third-order valence-electron chi connectivity index (χ3n) is 10.1. The molecule has 0 aromatic rings. The van der Waals surface area contributed by atoms with Crippen molar-refractivity contribution >= 4 is 12.0 Å². The zero-order valence-corrected chi connectivity index (χ0v) is 25.2. The van der Waals surface area contributed by atoms with Gasteiger partial charge in [0.15, 0.2) is 0 Å². The van der Waals surface area contributed by atoms with Gasteiger partial charge in [-0.05, 0) is 81.5 Å². The van der Waals surface area contributed by atoms with Crippen molar-refractivity contribution in [3.05, 3.63) is 0 Å². The summed E-state index contributed by atoms with van der Waals surface area (Å²) in [5, 5.41) is 6.60. The van der Waals surface area contributed by atoms with E-state index in [1.807, 2.05) is 6.92 Å². The minimum atomic E-state index is -0.131. The number of fused-ring (bicyclic) bond motifs is 2. The van der Waals surface area contributed by atoms with E-state index in [1.54, 1.807) is 0 Å². The molecule has 4 aliphatic rings. The molecule has 230 valence electrons. The van der Waals surface area contributed by atoms with Gasteiger partial charge in [-0.15, -0.1) is 0 Å². The van der Waals surface area contributed by atoms with Gasteiger partial charge in [-0.2, -0.15) is 0 Å². The molecule has 1 spiro atoms. The van der Waals surface area contributed by atoms with Gasteiger partial charge in [-0.1, -0.05) is 44.9 Å². The number of esters is 1. The maximum atomic E-state index is 12.6. The van der Waals surface area contributed by atoms with Crippen LogP contribution in [0.25, 0.3) is 0 Å². The maximum Gasteiger partial charge on any atom is 0.315 e. The van der Waals surface area contributed by atoms with Gasteiger partial charge in [0, 0.05) is 25.1 Å². The van der Waals surface area contributed by atoms with Crippen molar-refractivity contribution in [1.29, 1.82) is 0 Å². The lowest BCUT2D eigenvalue weighted by Gasteiger charge is -2.49. The van der Waals surface area contributed by atoms with E-state index in [4.69, 9.17) is 18.9 Å². The highest BCUT2D eigenvalue weighted by molar-refractivity contribution is 5.75. The average molecular weight is 565 g/mol. The highest BCUT2D eigenvalue weighted by Crippen LogP contribution is 2.76. The Balaban J connectivity index is 0.863. The van der Waals surface area contributed by atoms with E-state index < -0.39 is 0 Å². The molecule has 4 saturated carbocycles. The molecule has 2 amide bonds. The van der Waals surface area contributed by atoms with Gasteiger partial charge in [0.25, 0.3) is 0 Å². The molecule has 40 heavy (non-hydrogen) atoms. The molecule has 8 nitrogen and oxygen atoms in total. The molecule has 0 aromatic carbocycles. The van der Waals surface area contributed by atoms with Gasteiger partial charge in [0.05, 0.1) is 33.0 Å². The van der Waals surface area contributed by atoms with Crippen LogP contribution in [0.15, 0.2) is 0 Å². The number of carbonyl (C=O) groups excluding carboxylic acids is 2. The summed E-state index contributed by atoms with van der Waals surface area (Å²) >= 11 is 0. The number of urea groups is 1. The number of hydrogen-bond donors (Lipinski definition) is 2. The molecule has 2 N–H and O–H groups in total. The van der Waals surface area contributed by atoms with Gasteiger partial charge < -0.3 is 29.6 Å². The second-order valence-electron chi connectivity index (χ2n) is 13.0. The Kier molecular flexibility index (Phi) is 12.9. The van der Waals surface area contributed by atoms with Gasteiger partial charge in [-0.3, -0.25) is 4.79 Å².